The topological polar surface area (TPSA) is 37.4 Å². The van der Waals surface area contributed by atoms with Crippen LogP contribution in [0.1, 0.15) is 22.3 Å². The minimum Gasteiger partial charge on any atom is -0.308 e. The van der Waals surface area contributed by atoms with Gasteiger partial charge in [0.15, 0.2) is 0 Å². The van der Waals surface area contributed by atoms with Crippen LogP contribution in [0.5, 0.6) is 0 Å². The zero-order chi connectivity index (χ0) is 15.9. The molecule has 0 atom stereocenters. The molecular formula is C18H16ClNO2. The molecule has 2 aromatic carbocycles. The van der Waals surface area contributed by atoms with Crippen LogP contribution in [-0.4, -0.2) is 23.6 Å². The maximum absolute atomic E-state index is 12.7. The normalized spacial score (nSPS) is 10.0. The highest BCUT2D eigenvalue weighted by molar-refractivity contribution is 6.30. The van der Waals surface area contributed by atoms with E-state index in [1.165, 1.54) is 4.90 Å². The second-order valence-corrected chi connectivity index (χ2v) is 5.17. The summed E-state index contributed by atoms with van der Waals surface area (Å²) in [6, 6.07) is 16.0. The van der Waals surface area contributed by atoms with E-state index in [4.69, 9.17) is 11.6 Å². The molecule has 0 bridgehead atoms. The lowest BCUT2D eigenvalue weighted by Crippen LogP contribution is -2.30. The molecule has 0 heterocycles. The molecule has 4 heteroatoms. The third-order valence-corrected chi connectivity index (χ3v) is 3.49. The third kappa shape index (κ3) is 3.83. The summed E-state index contributed by atoms with van der Waals surface area (Å²) in [5.41, 5.74) is 1.90. The number of rotatable bonds is 6. The first-order valence-corrected chi connectivity index (χ1v) is 7.26. The first kappa shape index (κ1) is 16.0. The molecule has 112 valence electrons. The van der Waals surface area contributed by atoms with Crippen molar-refractivity contribution in [3.63, 3.8) is 0 Å². The van der Waals surface area contributed by atoms with Gasteiger partial charge in [0.1, 0.15) is 6.29 Å². The summed E-state index contributed by atoms with van der Waals surface area (Å²) in [7, 11) is 0. The molecule has 22 heavy (non-hydrogen) atoms. The first-order valence-electron chi connectivity index (χ1n) is 6.89. The zero-order valence-electron chi connectivity index (χ0n) is 12.0. The number of carbonyl (C=O) groups excluding carboxylic acids is 2. The Bertz CT molecular complexity index is 665. The molecule has 0 spiro atoms. The molecule has 2 aromatic rings. The summed E-state index contributed by atoms with van der Waals surface area (Å²) in [5.74, 6) is -0.178. The Morgan fingerprint density at radius 2 is 1.68 bits per heavy atom. The quantitative estimate of drug-likeness (QED) is 0.755. The van der Waals surface area contributed by atoms with E-state index in [1.807, 2.05) is 6.07 Å². The maximum Gasteiger partial charge on any atom is 0.258 e. The lowest BCUT2D eigenvalue weighted by molar-refractivity contribution is -0.107. The highest BCUT2D eigenvalue weighted by atomic mass is 35.5. The molecule has 0 fully saturated rings. The summed E-state index contributed by atoms with van der Waals surface area (Å²) >= 11 is 5.88. The number of hydrogen-bond donors (Lipinski definition) is 0. The fourth-order valence-electron chi connectivity index (χ4n) is 2.08. The van der Waals surface area contributed by atoms with Gasteiger partial charge in [-0.2, -0.15) is 0 Å². The Morgan fingerprint density at radius 3 is 2.27 bits per heavy atom. The average molecular weight is 314 g/mol. The average Bonchev–Trinajstić information content (AvgIpc) is 2.56. The van der Waals surface area contributed by atoms with Crippen molar-refractivity contribution < 1.29 is 9.59 Å². The second-order valence-electron chi connectivity index (χ2n) is 4.73. The van der Waals surface area contributed by atoms with Crippen LogP contribution in [0.2, 0.25) is 5.02 Å². The molecule has 0 aromatic heterocycles. The van der Waals surface area contributed by atoms with Gasteiger partial charge in [-0.1, -0.05) is 48.5 Å². The van der Waals surface area contributed by atoms with Crippen molar-refractivity contribution in [2.75, 3.05) is 6.54 Å². The van der Waals surface area contributed by atoms with E-state index in [1.54, 1.807) is 48.5 Å². The number of carbonyl (C=O) groups is 2. The molecule has 0 N–H and O–H groups in total. The predicted molar refractivity (Wildman–Crippen MR) is 88.6 cm³/mol. The van der Waals surface area contributed by atoms with Crippen molar-refractivity contribution in [1.82, 2.24) is 4.90 Å². The van der Waals surface area contributed by atoms with E-state index < -0.39 is 0 Å². The Labute approximate surface area is 134 Å². The number of benzene rings is 2. The lowest BCUT2D eigenvalue weighted by Gasteiger charge is -2.24. The molecule has 0 saturated carbocycles. The van der Waals surface area contributed by atoms with Crippen LogP contribution in [0.3, 0.4) is 0 Å². The summed E-state index contributed by atoms with van der Waals surface area (Å²) < 4.78 is 0. The van der Waals surface area contributed by atoms with E-state index in [-0.39, 0.29) is 12.3 Å². The summed E-state index contributed by atoms with van der Waals surface area (Å²) in [6.07, 6.45) is 1.05. The Morgan fingerprint density at radius 1 is 1.05 bits per heavy atom. The highest BCUT2D eigenvalue weighted by Crippen LogP contribution is 2.22. The van der Waals surface area contributed by atoms with Gasteiger partial charge in [0, 0.05) is 29.2 Å². The molecule has 0 aliphatic rings. The Kier molecular flexibility index (Phi) is 5.50. The lowest BCUT2D eigenvalue weighted by atomic mass is 10.1. The van der Waals surface area contributed by atoms with Gasteiger partial charge >= 0.3 is 0 Å². The number of nitrogens with zero attached hydrogens (tertiary/aromatic N) is 1. The predicted octanol–water partition coefficient (Wildman–Crippen LogP) is 4.04. The molecule has 0 unspecified atom stereocenters. The summed E-state index contributed by atoms with van der Waals surface area (Å²) in [5, 5.41) is 0.616. The molecule has 0 aliphatic heterocycles. The number of aldehydes is 1. The Balaban J connectivity index is 2.29. The smallest absolute Gasteiger partial charge is 0.258 e. The SMILES string of the molecule is C=C(c1ccc(Cl)cc1)N(CCC=O)C(=O)c1ccccc1. The van der Waals surface area contributed by atoms with Gasteiger partial charge in [-0.15, -0.1) is 0 Å². The van der Waals surface area contributed by atoms with Crippen molar-refractivity contribution >= 4 is 29.5 Å². The van der Waals surface area contributed by atoms with E-state index in [0.717, 1.165) is 11.8 Å². The standard InChI is InChI=1S/C18H16ClNO2/c1-14(15-8-10-17(19)11-9-15)20(12-5-13-21)18(22)16-6-3-2-4-7-16/h2-4,6-11,13H,1,5,12H2. The van der Waals surface area contributed by atoms with E-state index in [2.05, 4.69) is 6.58 Å². The van der Waals surface area contributed by atoms with Crippen molar-refractivity contribution in [3.05, 3.63) is 77.3 Å². The summed E-state index contributed by atoms with van der Waals surface area (Å²) in [6.45, 7) is 4.29. The molecule has 0 saturated heterocycles. The largest absolute Gasteiger partial charge is 0.308 e. The van der Waals surface area contributed by atoms with Crippen LogP contribution in [-0.2, 0) is 4.79 Å². The first-order chi connectivity index (χ1) is 10.6. The van der Waals surface area contributed by atoms with Crippen molar-refractivity contribution in [2.24, 2.45) is 0 Å². The number of hydrogen-bond acceptors (Lipinski definition) is 2. The van der Waals surface area contributed by atoms with Gasteiger partial charge in [0.05, 0.1) is 0 Å². The monoisotopic (exact) mass is 313 g/mol. The number of amides is 1. The highest BCUT2D eigenvalue weighted by Gasteiger charge is 2.19. The van der Waals surface area contributed by atoms with E-state index >= 15 is 0 Å². The van der Waals surface area contributed by atoms with Crippen LogP contribution in [0, 0.1) is 0 Å². The van der Waals surface area contributed by atoms with Gasteiger partial charge < -0.3 is 9.69 Å². The van der Waals surface area contributed by atoms with Gasteiger partial charge in [-0.3, -0.25) is 4.79 Å². The van der Waals surface area contributed by atoms with Gasteiger partial charge in [0.2, 0.25) is 0 Å². The number of halogens is 1. The zero-order valence-corrected chi connectivity index (χ0v) is 12.8. The van der Waals surface area contributed by atoms with Crippen molar-refractivity contribution in [2.45, 2.75) is 6.42 Å². The molecule has 1 amide bonds. The van der Waals surface area contributed by atoms with E-state index in [0.29, 0.717) is 22.8 Å². The summed E-state index contributed by atoms with van der Waals surface area (Å²) in [4.78, 5) is 24.9. The van der Waals surface area contributed by atoms with Crippen LogP contribution < -0.4 is 0 Å². The fraction of sp³-hybridized carbons (Fsp3) is 0.111. The van der Waals surface area contributed by atoms with Crippen LogP contribution in [0.4, 0.5) is 0 Å². The van der Waals surface area contributed by atoms with Crippen molar-refractivity contribution in [1.29, 1.82) is 0 Å². The fourth-order valence-corrected chi connectivity index (χ4v) is 2.20. The molecule has 3 nitrogen and oxygen atoms in total. The van der Waals surface area contributed by atoms with Gasteiger partial charge in [-0.25, -0.2) is 0 Å². The maximum atomic E-state index is 12.7. The van der Waals surface area contributed by atoms with Crippen LogP contribution in [0.25, 0.3) is 5.70 Å². The molecular weight excluding hydrogens is 298 g/mol. The Hall–Kier alpha value is -2.39. The van der Waals surface area contributed by atoms with E-state index in [9.17, 15) is 9.59 Å². The third-order valence-electron chi connectivity index (χ3n) is 3.24. The molecule has 2 rings (SSSR count). The van der Waals surface area contributed by atoms with Gasteiger partial charge in [-0.05, 0) is 29.8 Å². The van der Waals surface area contributed by atoms with Gasteiger partial charge in [0.25, 0.3) is 5.91 Å². The molecule has 0 radical (unpaired) electrons. The second kappa shape index (κ2) is 7.57. The minimum absolute atomic E-state index is 0.178. The van der Waals surface area contributed by atoms with Crippen LogP contribution in [0.15, 0.2) is 61.2 Å². The minimum atomic E-state index is -0.178. The van der Waals surface area contributed by atoms with Crippen molar-refractivity contribution in [3.8, 4) is 0 Å². The van der Waals surface area contributed by atoms with Crippen LogP contribution >= 0.6 is 11.6 Å². The molecule has 0 aliphatic carbocycles.